The number of benzene rings is 4. The summed E-state index contributed by atoms with van der Waals surface area (Å²) < 4.78 is 98.6. The molecule has 4 heterocycles. The van der Waals surface area contributed by atoms with Crippen molar-refractivity contribution in [3.63, 3.8) is 0 Å². The van der Waals surface area contributed by atoms with Gasteiger partial charge in [-0.25, -0.2) is 25.6 Å². The maximum atomic E-state index is 15.2. The molecule has 5 aromatic rings. The van der Waals surface area contributed by atoms with Gasteiger partial charge in [0, 0.05) is 36.4 Å². The van der Waals surface area contributed by atoms with Gasteiger partial charge in [0.05, 0.1) is 49.9 Å². The van der Waals surface area contributed by atoms with E-state index in [4.69, 9.17) is 33.0 Å². The lowest BCUT2D eigenvalue weighted by Gasteiger charge is -2.40. The van der Waals surface area contributed by atoms with E-state index in [-0.39, 0.29) is 59.8 Å². The molecule has 65 heavy (non-hydrogen) atoms. The Morgan fingerprint density at radius 2 is 1.38 bits per heavy atom. The number of nitrogens with zero attached hydrogens (tertiary/aromatic N) is 5. The third kappa shape index (κ3) is 9.84. The van der Waals surface area contributed by atoms with Gasteiger partial charge in [-0.1, -0.05) is 82.1 Å². The van der Waals surface area contributed by atoms with Crippen LogP contribution in [0.3, 0.4) is 0 Å². The molecule has 0 spiro atoms. The normalized spacial score (nSPS) is 19.6. The van der Waals surface area contributed by atoms with Crippen LogP contribution in [0.2, 0.25) is 10.0 Å². The number of aromatic nitrogens is 3. The van der Waals surface area contributed by atoms with Crippen LogP contribution in [0, 0.1) is 11.6 Å². The number of amidine groups is 1. The molecule has 0 aliphatic carbocycles. The predicted molar refractivity (Wildman–Crippen MR) is 248 cm³/mol. The molecule has 2 saturated heterocycles. The zero-order chi connectivity index (χ0) is 46.5. The lowest BCUT2D eigenvalue weighted by Crippen LogP contribution is -2.52. The molecule has 3 atom stereocenters. The van der Waals surface area contributed by atoms with E-state index in [1.165, 1.54) is 36.4 Å². The maximum absolute atomic E-state index is 15.2. The molecule has 14 nitrogen and oxygen atoms in total. The van der Waals surface area contributed by atoms with Crippen LogP contribution in [0.5, 0.6) is 0 Å². The quantitative estimate of drug-likeness (QED) is 0.0898. The first-order chi connectivity index (χ1) is 30.7. The smallest absolute Gasteiger partial charge is 0.261 e. The Balaban J connectivity index is 1.04. The Morgan fingerprint density at radius 1 is 0.800 bits per heavy atom. The van der Waals surface area contributed by atoms with Gasteiger partial charge in [-0.15, -0.1) is 10.2 Å². The number of hydrazone groups is 1. The minimum Gasteiger partial charge on any atom is -0.379 e. The van der Waals surface area contributed by atoms with Crippen LogP contribution in [0.1, 0.15) is 83.0 Å². The number of rotatable bonds is 13. The lowest BCUT2D eigenvalue weighted by molar-refractivity contribution is 0.0267. The molecular formula is C45H51Cl2F2N9O5S2. The monoisotopic (exact) mass is 969 g/mol. The topological polar surface area (TPSA) is 172 Å². The van der Waals surface area contributed by atoms with Crippen LogP contribution in [0.15, 0.2) is 94.0 Å². The Hall–Kier alpha value is -4.85. The van der Waals surface area contributed by atoms with Gasteiger partial charge in [0.15, 0.2) is 11.7 Å². The van der Waals surface area contributed by atoms with E-state index in [9.17, 15) is 21.2 Å². The fourth-order valence-electron chi connectivity index (χ4n) is 8.56. The molecule has 0 radical (unpaired) electrons. The fraction of sp³-hybridized carbons (Fsp3) is 0.400. The van der Waals surface area contributed by atoms with E-state index in [0.29, 0.717) is 37.8 Å². The summed E-state index contributed by atoms with van der Waals surface area (Å²) in [5.41, 5.74) is 4.66. The van der Waals surface area contributed by atoms with E-state index in [2.05, 4.69) is 30.4 Å². The van der Waals surface area contributed by atoms with Gasteiger partial charge in [0.1, 0.15) is 24.1 Å². The van der Waals surface area contributed by atoms with Gasteiger partial charge in [0.25, 0.3) is 20.0 Å². The lowest BCUT2D eigenvalue weighted by atomic mass is 9.80. The number of hydrogen-bond acceptors (Lipinski definition) is 11. The SMILES string of the molecule is CC(C)(C)c1ccc(S(=O)(=O)Nc2cc(F)c(Cl)cc2C2=NNC(CC(C)(C)c3ccc(S(=O)(=O)Nc4cc(F)c(Cl)cc4-c4nncn4[C@H]4CCNC4)cc3)N2C2CCCOC2)cc1. The van der Waals surface area contributed by atoms with Gasteiger partial charge >= 0.3 is 0 Å². The summed E-state index contributed by atoms with van der Waals surface area (Å²) in [4.78, 5) is 1.99. The molecule has 0 saturated carbocycles. The van der Waals surface area contributed by atoms with Crippen LogP contribution in [0.25, 0.3) is 11.4 Å². The predicted octanol–water partition coefficient (Wildman–Crippen LogP) is 8.40. The van der Waals surface area contributed by atoms with Crippen molar-refractivity contribution < 1.29 is 30.4 Å². The molecule has 1 aromatic heterocycles. The molecule has 4 N–H and O–H groups in total. The van der Waals surface area contributed by atoms with Gasteiger partial charge in [-0.05, 0) is 90.6 Å². The van der Waals surface area contributed by atoms with E-state index >= 15 is 4.39 Å². The van der Waals surface area contributed by atoms with Crippen LogP contribution in [0.4, 0.5) is 20.2 Å². The molecule has 8 rings (SSSR count). The number of anilines is 2. The van der Waals surface area contributed by atoms with Gasteiger partial charge < -0.3 is 19.5 Å². The zero-order valence-electron chi connectivity index (χ0n) is 36.5. The fourth-order valence-corrected chi connectivity index (χ4v) is 11.0. The highest BCUT2D eigenvalue weighted by Crippen LogP contribution is 2.38. The Bertz CT molecular complexity index is 2830. The second kappa shape index (κ2) is 18.1. The van der Waals surface area contributed by atoms with E-state index in [0.717, 1.165) is 49.1 Å². The van der Waals surface area contributed by atoms with Crippen molar-refractivity contribution >= 4 is 60.5 Å². The molecule has 2 fully saturated rings. The third-order valence-electron chi connectivity index (χ3n) is 12.2. The van der Waals surface area contributed by atoms with E-state index < -0.39 is 43.3 Å². The van der Waals surface area contributed by atoms with Crippen molar-refractivity contribution in [2.75, 3.05) is 35.7 Å². The van der Waals surface area contributed by atoms with Crippen LogP contribution < -0.4 is 20.2 Å². The van der Waals surface area contributed by atoms with Gasteiger partial charge in [-0.2, -0.15) is 5.10 Å². The molecule has 0 amide bonds. The number of ether oxygens (including phenoxy) is 1. The molecule has 0 bridgehead atoms. The van der Waals surface area contributed by atoms with Gasteiger partial charge in [0.2, 0.25) is 0 Å². The van der Waals surface area contributed by atoms with Crippen molar-refractivity contribution in [1.82, 2.24) is 30.4 Å². The first-order valence-corrected chi connectivity index (χ1v) is 25.0. The first kappa shape index (κ1) is 46.7. The molecular weight excluding hydrogens is 920 g/mol. The summed E-state index contributed by atoms with van der Waals surface area (Å²) in [7, 11) is -8.44. The molecule has 2 unspecified atom stereocenters. The van der Waals surface area contributed by atoms with Crippen LogP contribution in [-0.4, -0.2) is 80.8 Å². The van der Waals surface area contributed by atoms with Crippen molar-refractivity contribution in [3.8, 4) is 11.4 Å². The number of halogens is 4. The standard InChI is InChI=1S/C45H51Cl2F2N9O5S2/c1-44(2,3)27-8-12-31(13-9-27)64(59,60)56-40-22-38(49)36(47)20-34(40)43-54-52-41(58(43)30-7-6-18-63-25-30)23-45(4,5)28-10-14-32(15-11-28)65(61,62)55-39-21-37(48)35(46)19-33(39)42-53-51-26-57(42)29-16-17-50-24-29/h8-15,19-22,26,29-30,41,50,52,55-56H,6-7,16-18,23-25H2,1-5H3/t29-,30?,41?/m0/s1. The highest BCUT2D eigenvalue weighted by Gasteiger charge is 2.40. The average molecular weight is 971 g/mol. The van der Waals surface area contributed by atoms with Crippen LogP contribution in [-0.2, 0) is 35.6 Å². The average Bonchev–Trinajstić information content (AvgIpc) is 4.06. The second-order valence-electron chi connectivity index (χ2n) is 18.3. The summed E-state index contributed by atoms with van der Waals surface area (Å²) in [6, 6.07) is 17.6. The minimum atomic E-state index is -4.25. The van der Waals surface area contributed by atoms with Crippen molar-refractivity contribution in [2.24, 2.45) is 5.10 Å². The van der Waals surface area contributed by atoms with E-state index in [1.54, 1.807) is 30.6 Å². The third-order valence-corrected chi connectivity index (χ3v) is 15.5. The summed E-state index contributed by atoms with van der Waals surface area (Å²) in [6.07, 6.45) is 3.85. The number of sulfonamides is 2. The summed E-state index contributed by atoms with van der Waals surface area (Å²) >= 11 is 12.6. The zero-order valence-corrected chi connectivity index (χ0v) is 39.6. The van der Waals surface area contributed by atoms with Crippen LogP contribution >= 0.6 is 23.2 Å². The molecule has 20 heteroatoms. The summed E-state index contributed by atoms with van der Waals surface area (Å²) in [5, 5.41) is 15.9. The van der Waals surface area contributed by atoms with Gasteiger partial charge in [-0.3, -0.25) is 14.9 Å². The Morgan fingerprint density at radius 3 is 1.94 bits per heavy atom. The van der Waals surface area contributed by atoms with E-state index in [1.807, 2.05) is 44.1 Å². The second-order valence-corrected chi connectivity index (χ2v) is 22.5. The van der Waals surface area contributed by atoms with Crippen molar-refractivity contribution in [3.05, 3.63) is 117 Å². The minimum absolute atomic E-state index is 0.00617. The molecule has 346 valence electrons. The Kier molecular flexibility index (Phi) is 13.0. The number of hydrogen-bond donors (Lipinski definition) is 4. The number of nitrogens with one attached hydrogen (secondary N) is 4. The summed E-state index contributed by atoms with van der Waals surface area (Å²) in [6.45, 7) is 12.5. The van der Waals surface area contributed by atoms with Crippen molar-refractivity contribution in [1.29, 1.82) is 0 Å². The first-order valence-electron chi connectivity index (χ1n) is 21.3. The Labute approximate surface area is 388 Å². The molecule has 3 aliphatic rings. The highest BCUT2D eigenvalue weighted by molar-refractivity contribution is 7.93. The largest absolute Gasteiger partial charge is 0.379 e. The maximum Gasteiger partial charge on any atom is 0.261 e. The summed E-state index contributed by atoms with van der Waals surface area (Å²) in [5.74, 6) is -0.912. The highest BCUT2D eigenvalue weighted by atomic mass is 35.5. The molecule has 3 aliphatic heterocycles. The molecule has 4 aromatic carbocycles. The van der Waals surface area contributed by atoms with Crippen molar-refractivity contribution in [2.45, 2.75) is 99.2 Å².